The van der Waals surface area contributed by atoms with Crippen LogP contribution in [0.4, 0.5) is 0 Å². The van der Waals surface area contributed by atoms with Crippen molar-refractivity contribution in [2.45, 2.75) is 58.9 Å². The fourth-order valence-electron chi connectivity index (χ4n) is 3.37. The summed E-state index contributed by atoms with van der Waals surface area (Å²) in [5.41, 5.74) is 2.36. The molecular weight excluding hydrogens is 302 g/mol. The lowest BCUT2D eigenvalue weighted by molar-refractivity contribution is -0.0231. The Balaban J connectivity index is 1.96. The van der Waals surface area contributed by atoms with Gasteiger partial charge in [-0.3, -0.25) is 4.98 Å². The molecule has 0 radical (unpaired) electrons. The second kappa shape index (κ2) is 6.25. The van der Waals surface area contributed by atoms with Crippen LogP contribution in [0, 0.1) is 5.41 Å². The number of nitrogens with zero attached hydrogens (tertiary/aromatic N) is 1. The first-order chi connectivity index (χ1) is 10.9. The molecule has 1 aliphatic heterocycles. The summed E-state index contributed by atoms with van der Waals surface area (Å²) in [6.45, 7) is 11.2. The van der Waals surface area contributed by atoms with Crippen LogP contribution in [0.3, 0.4) is 0 Å². The zero-order chi connectivity index (χ0) is 16.6. The Morgan fingerprint density at radius 3 is 2.74 bits per heavy atom. The van der Waals surface area contributed by atoms with Crippen molar-refractivity contribution in [1.29, 1.82) is 0 Å². The Hall–Kier alpha value is -1.39. The minimum Gasteiger partial charge on any atom is -0.487 e. The molecule has 2 heterocycles. The van der Waals surface area contributed by atoms with Crippen molar-refractivity contribution in [2.24, 2.45) is 5.41 Å². The molecule has 1 aliphatic rings. The van der Waals surface area contributed by atoms with Gasteiger partial charge in [0.25, 0.3) is 0 Å². The molecule has 0 N–H and O–H groups in total. The van der Waals surface area contributed by atoms with E-state index in [0.717, 1.165) is 29.5 Å². The Labute approximate surface area is 140 Å². The summed E-state index contributed by atoms with van der Waals surface area (Å²) < 4.78 is 12.9. The van der Waals surface area contributed by atoms with Crippen LogP contribution in [0.25, 0.3) is 10.9 Å². The van der Waals surface area contributed by atoms with Crippen LogP contribution >= 0.6 is 0 Å². The highest BCUT2D eigenvalue weighted by atomic mass is 28.3. The van der Waals surface area contributed by atoms with Crippen LogP contribution in [0.15, 0.2) is 30.5 Å². The highest BCUT2D eigenvalue weighted by Gasteiger charge is 2.37. The van der Waals surface area contributed by atoms with Gasteiger partial charge in [0.05, 0.1) is 11.6 Å². The molecule has 2 aromatic rings. The zero-order valence-corrected chi connectivity index (χ0v) is 16.0. The Morgan fingerprint density at radius 1 is 1.26 bits per heavy atom. The standard InChI is InChI=1S/C19H27NO2Si/c1-19(2,3)18(22-23(4)5)16-11-9-13-8-10-15-14(17(13)21-16)7-6-12-20-15/h6-8,10,12,16,18,23H,9,11H2,1-5H3/t16-,18?/m1/s1. The first-order valence-electron chi connectivity index (χ1n) is 8.55. The molecular formula is C19H27NO2Si. The maximum atomic E-state index is 6.49. The van der Waals surface area contributed by atoms with E-state index in [1.165, 1.54) is 5.56 Å². The summed E-state index contributed by atoms with van der Waals surface area (Å²) in [6, 6.07) is 8.34. The zero-order valence-electron chi connectivity index (χ0n) is 14.8. The molecule has 4 heteroatoms. The molecule has 2 atom stereocenters. The third-order valence-corrected chi connectivity index (χ3v) is 5.23. The summed E-state index contributed by atoms with van der Waals surface area (Å²) in [5, 5.41) is 1.11. The highest BCUT2D eigenvalue weighted by molar-refractivity contribution is 6.48. The van der Waals surface area contributed by atoms with E-state index in [1.807, 2.05) is 12.3 Å². The molecule has 1 aromatic carbocycles. The van der Waals surface area contributed by atoms with Gasteiger partial charge in [-0.1, -0.05) is 26.8 Å². The van der Waals surface area contributed by atoms with Gasteiger partial charge in [-0.2, -0.15) is 0 Å². The fraction of sp³-hybridized carbons (Fsp3) is 0.526. The number of benzene rings is 1. The second-order valence-corrected chi connectivity index (χ2v) is 10.2. The van der Waals surface area contributed by atoms with Crippen molar-refractivity contribution < 1.29 is 9.16 Å². The second-order valence-electron chi connectivity index (χ2n) is 7.79. The largest absolute Gasteiger partial charge is 0.487 e. The quantitative estimate of drug-likeness (QED) is 0.785. The summed E-state index contributed by atoms with van der Waals surface area (Å²) in [5.74, 6) is 1.01. The fourth-order valence-corrected chi connectivity index (χ4v) is 4.54. The number of hydrogen-bond donors (Lipinski definition) is 0. The maximum absolute atomic E-state index is 6.49. The number of ether oxygens (including phenoxy) is 1. The summed E-state index contributed by atoms with van der Waals surface area (Å²) >= 11 is 0. The maximum Gasteiger partial charge on any atom is 0.171 e. The van der Waals surface area contributed by atoms with Crippen LogP contribution in [0.1, 0.15) is 32.8 Å². The molecule has 3 nitrogen and oxygen atoms in total. The molecule has 0 amide bonds. The van der Waals surface area contributed by atoms with Crippen molar-refractivity contribution in [2.75, 3.05) is 0 Å². The van der Waals surface area contributed by atoms with Crippen LogP contribution in [0.2, 0.25) is 13.1 Å². The van der Waals surface area contributed by atoms with Crippen molar-refractivity contribution in [3.63, 3.8) is 0 Å². The minimum absolute atomic E-state index is 0.0717. The average Bonchev–Trinajstić information content (AvgIpc) is 2.51. The molecule has 1 unspecified atom stereocenters. The average molecular weight is 330 g/mol. The van der Waals surface area contributed by atoms with Crippen LogP contribution in [-0.2, 0) is 10.8 Å². The number of rotatable bonds is 3. The lowest BCUT2D eigenvalue weighted by Crippen LogP contribution is -2.46. The van der Waals surface area contributed by atoms with Gasteiger partial charge in [0.15, 0.2) is 9.04 Å². The summed E-state index contributed by atoms with van der Waals surface area (Å²) in [4.78, 5) is 4.45. The van der Waals surface area contributed by atoms with Crippen LogP contribution < -0.4 is 4.74 Å². The normalized spacial score (nSPS) is 19.5. The molecule has 0 fully saturated rings. The predicted octanol–water partition coefficient (Wildman–Crippen LogP) is 4.34. The predicted molar refractivity (Wildman–Crippen MR) is 97.7 cm³/mol. The van der Waals surface area contributed by atoms with E-state index >= 15 is 0 Å². The van der Waals surface area contributed by atoms with Crippen molar-refractivity contribution in [1.82, 2.24) is 4.98 Å². The van der Waals surface area contributed by atoms with E-state index in [1.54, 1.807) is 0 Å². The number of pyridine rings is 1. The van der Waals surface area contributed by atoms with Gasteiger partial charge in [0.2, 0.25) is 0 Å². The lowest BCUT2D eigenvalue weighted by atomic mass is 9.83. The van der Waals surface area contributed by atoms with Gasteiger partial charge in [0, 0.05) is 11.6 Å². The smallest absolute Gasteiger partial charge is 0.171 e. The lowest BCUT2D eigenvalue weighted by Gasteiger charge is -2.40. The molecule has 0 aliphatic carbocycles. The van der Waals surface area contributed by atoms with Gasteiger partial charge < -0.3 is 9.16 Å². The SMILES string of the molecule is C[SiH](C)OC([C@H]1CCc2ccc3ncccc3c2O1)C(C)(C)C. The van der Waals surface area contributed by atoms with Gasteiger partial charge in [0.1, 0.15) is 11.9 Å². The van der Waals surface area contributed by atoms with Gasteiger partial charge in [-0.15, -0.1) is 0 Å². The van der Waals surface area contributed by atoms with Crippen LogP contribution in [0.5, 0.6) is 5.75 Å². The number of hydrogen-bond acceptors (Lipinski definition) is 3. The topological polar surface area (TPSA) is 31.4 Å². The summed E-state index contributed by atoms with van der Waals surface area (Å²) in [7, 11) is -1.13. The molecule has 0 bridgehead atoms. The van der Waals surface area contributed by atoms with Crippen molar-refractivity contribution in [3.8, 4) is 5.75 Å². The van der Waals surface area contributed by atoms with E-state index in [-0.39, 0.29) is 17.6 Å². The number of aryl methyl sites for hydroxylation is 1. The van der Waals surface area contributed by atoms with Crippen molar-refractivity contribution in [3.05, 3.63) is 36.0 Å². The molecule has 23 heavy (non-hydrogen) atoms. The Kier molecular flexibility index (Phi) is 4.47. The number of fused-ring (bicyclic) bond motifs is 3. The molecule has 3 rings (SSSR count). The Bertz CT molecular complexity index is 693. The van der Waals surface area contributed by atoms with Crippen molar-refractivity contribution >= 4 is 19.9 Å². The highest BCUT2D eigenvalue weighted by Crippen LogP contribution is 2.38. The molecule has 0 saturated heterocycles. The summed E-state index contributed by atoms with van der Waals surface area (Å²) in [6.07, 6.45) is 4.14. The third kappa shape index (κ3) is 3.43. The third-order valence-electron chi connectivity index (χ3n) is 4.39. The molecule has 1 aromatic heterocycles. The van der Waals surface area contributed by atoms with E-state index in [2.05, 4.69) is 57.0 Å². The van der Waals surface area contributed by atoms with Crippen LogP contribution in [-0.4, -0.2) is 26.2 Å². The minimum atomic E-state index is -1.13. The molecule has 0 saturated carbocycles. The Morgan fingerprint density at radius 2 is 2.04 bits per heavy atom. The van der Waals surface area contributed by atoms with E-state index in [4.69, 9.17) is 9.16 Å². The van der Waals surface area contributed by atoms with Gasteiger partial charge in [-0.25, -0.2) is 0 Å². The monoisotopic (exact) mass is 329 g/mol. The first kappa shape index (κ1) is 16.5. The van der Waals surface area contributed by atoms with Gasteiger partial charge in [-0.05, 0) is 55.1 Å². The van der Waals surface area contributed by atoms with E-state index in [9.17, 15) is 0 Å². The van der Waals surface area contributed by atoms with E-state index in [0.29, 0.717) is 0 Å². The molecule has 124 valence electrons. The van der Waals surface area contributed by atoms with Gasteiger partial charge >= 0.3 is 0 Å². The van der Waals surface area contributed by atoms with E-state index < -0.39 is 9.04 Å². The first-order valence-corrected chi connectivity index (χ1v) is 11.3. The molecule has 0 spiro atoms. The number of aromatic nitrogens is 1.